The Morgan fingerprint density at radius 1 is 1.11 bits per heavy atom. The van der Waals surface area contributed by atoms with Crippen molar-refractivity contribution in [2.24, 2.45) is 4.99 Å². The highest BCUT2D eigenvalue weighted by molar-refractivity contribution is 6.70. The van der Waals surface area contributed by atoms with Crippen molar-refractivity contribution in [2.75, 3.05) is 5.73 Å². The summed E-state index contributed by atoms with van der Waals surface area (Å²) in [6, 6.07) is 8.07. The number of halogens is 2. The molecule has 98 valence electrons. The van der Waals surface area contributed by atoms with Crippen LogP contribution in [0.4, 0.5) is 15.8 Å². The fourth-order valence-corrected chi connectivity index (χ4v) is 1.73. The summed E-state index contributed by atoms with van der Waals surface area (Å²) < 4.78 is 13.4. The van der Waals surface area contributed by atoms with Crippen molar-refractivity contribution in [1.29, 1.82) is 0 Å². The third-order valence-electron chi connectivity index (χ3n) is 2.41. The summed E-state index contributed by atoms with van der Waals surface area (Å²) >= 11 is 5.96. The normalized spacial score (nSPS) is 11.6. The summed E-state index contributed by atoms with van der Waals surface area (Å²) in [5.74, 6) is -0.965. The number of nitrogens with two attached hydrogens (primary N) is 1. The molecule has 0 radical (unpaired) electrons. The minimum absolute atomic E-state index is 0.0574. The Morgan fingerprint density at radius 2 is 1.74 bits per heavy atom. The first-order valence-corrected chi connectivity index (χ1v) is 5.67. The Balaban J connectivity index is 2.44. The van der Waals surface area contributed by atoms with Gasteiger partial charge in [-0.05, 0) is 30.3 Å². The molecule has 0 saturated heterocycles. The van der Waals surface area contributed by atoms with Crippen LogP contribution in [0.3, 0.4) is 0 Å². The number of benzene rings is 2. The maximum absolute atomic E-state index is 13.4. The Bertz CT molecular complexity index is 642. The van der Waals surface area contributed by atoms with Crippen LogP contribution in [0.25, 0.3) is 0 Å². The molecule has 19 heavy (non-hydrogen) atoms. The molecule has 0 aromatic heterocycles. The van der Waals surface area contributed by atoms with Crippen LogP contribution in [0.2, 0.25) is 0 Å². The molecule has 2 aromatic carbocycles. The number of hydrogen-bond donors (Lipinski definition) is 3. The van der Waals surface area contributed by atoms with Gasteiger partial charge < -0.3 is 15.9 Å². The molecule has 0 amide bonds. The van der Waals surface area contributed by atoms with Gasteiger partial charge in [0.2, 0.25) is 0 Å². The van der Waals surface area contributed by atoms with Crippen LogP contribution in [-0.2, 0) is 0 Å². The molecule has 2 rings (SSSR count). The van der Waals surface area contributed by atoms with Gasteiger partial charge in [0.1, 0.15) is 22.5 Å². The molecule has 0 unspecified atom stereocenters. The van der Waals surface area contributed by atoms with Crippen molar-refractivity contribution in [2.45, 2.75) is 0 Å². The lowest BCUT2D eigenvalue weighted by molar-refractivity contribution is 0.469. The molecule has 4 nitrogen and oxygen atoms in total. The fraction of sp³-hybridized carbons (Fsp3) is 0. The highest BCUT2D eigenvalue weighted by atomic mass is 35.5. The van der Waals surface area contributed by atoms with E-state index in [1.165, 1.54) is 30.3 Å². The molecule has 0 spiro atoms. The summed E-state index contributed by atoms with van der Waals surface area (Å²) in [5, 5.41) is 18.4. The van der Waals surface area contributed by atoms with Gasteiger partial charge in [0, 0.05) is 11.6 Å². The maximum Gasteiger partial charge on any atom is 0.150 e. The maximum atomic E-state index is 13.4. The second-order valence-corrected chi connectivity index (χ2v) is 4.17. The quantitative estimate of drug-likeness (QED) is 0.449. The van der Waals surface area contributed by atoms with Crippen LogP contribution in [0.1, 0.15) is 5.56 Å². The predicted octanol–water partition coefficient (Wildman–Crippen LogP) is 3.14. The molecule has 0 aliphatic carbocycles. The first kappa shape index (κ1) is 13.2. The molecule has 6 heteroatoms. The average Bonchev–Trinajstić information content (AvgIpc) is 2.36. The van der Waals surface area contributed by atoms with E-state index in [9.17, 15) is 9.50 Å². The standard InChI is InChI=1S/C13H10ClFN2O2/c14-13(17-7-1-3-8(18)4-2-7)10-5-9(19)6-11(15)12(10)16/h1-6,18-19H,16H2. The predicted molar refractivity (Wildman–Crippen MR) is 72.6 cm³/mol. The minimum atomic E-state index is -0.769. The Kier molecular flexibility index (Phi) is 3.57. The number of aromatic hydroxyl groups is 2. The Hall–Kier alpha value is -2.27. The molecule has 0 fully saturated rings. The third-order valence-corrected chi connectivity index (χ3v) is 2.70. The first-order valence-electron chi connectivity index (χ1n) is 5.29. The zero-order valence-corrected chi connectivity index (χ0v) is 10.4. The number of phenolic OH excluding ortho intramolecular Hbond substituents is 2. The fourth-order valence-electron chi connectivity index (χ4n) is 1.47. The highest BCUT2D eigenvalue weighted by Gasteiger charge is 2.11. The Labute approximate surface area is 113 Å². The number of anilines is 1. The van der Waals surface area contributed by atoms with Gasteiger partial charge >= 0.3 is 0 Å². The summed E-state index contributed by atoms with van der Waals surface area (Å²) in [4.78, 5) is 4.03. The van der Waals surface area contributed by atoms with E-state index in [4.69, 9.17) is 22.4 Å². The summed E-state index contributed by atoms with van der Waals surface area (Å²) in [7, 11) is 0. The third kappa shape index (κ3) is 2.95. The van der Waals surface area contributed by atoms with Crippen molar-refractivity contribution in [3.63, 3.8) is 0 Å². The van der Waals surface area contributed by atoms with Gasteiger partial charge in [-0.2, -0.15) is 0 Å². The van der Waals surface area contributed by atoms with Crippen LogP contribution < -0.4 is 5.73 Å². The monoisotopic (exact) mass is 280 g/mol. The molecule has 0 heterocycles. The van der Waals surface area contributed by atoms with Crippen LogP contribution in [0.15, 0.2) is 41.4 Å². The van der Waals surface area contributed by atoms with Gasteiger partial charge in [-0.1, -0.05) is 11.6 Å². The molecule has 4 N–H and O–H groups in total. The van der Waals surface area contributed by atoms with Gasteiger partial charge in [0.05, 0.1) is 11.4 Å². The minimum Gasteiger partial charge on any atom is -0.508 e. The molecule has 0 saturated carbocycles. The second-order valence-electron chi connectivity index (χ2n) is 3.81. The molecule has 0 aliphatic rings. The molecule has 0 aliphatic heterocycles. The second kappa shape index (κ2) is 5.16. The van der Waals surface area contributed by atoms with E-state index in [2.05, 4.69) is 4.99 Å². The molecular weight excluding hydrogens is 271 g/mol. The van der Waals surface area contributed by atoms with Gasteiger partial charge in [-0.3, -0.25) is 0 Å². The van der Waals surface area contributed by atoms with Gasteiger partial charge in [0.25, 0.3) is 0 Å². The van der Waals surface area contributed by atoms with E-state index in [1.807, 2.05) is 0 Å². The summed E-state index contributed by atoms with van der Waals surface area (Å²) in [5.41, 5.74) is 5.92. The molecular formula is C13H10ClFN2O2. The topological polar surface area (TPSA) is 78.8 Å². The van der Waals surface area contributed by atoms with E-state index in [0.29, 0.717) is 5.69 Å². The Morgan fingerprint density at radius 3 is 2.37 bits per heavy atom. The lowest BCUT2D eigenvalue weighted by Gasteiger charge is -2.06. The highest BCUT2D eigenvalue weighted by Crippen LogP contribution is 2.26. The number of phenols is 2. The molecule has 0 atom stereocenters. The van der Waals surface area contributed by atoms with E-state index in [-0.39, 0.29) is 27.9 Å². The van der Waals surface area contributed by atoms with Crippen molar-refractivity contribution < 1.29 is 14.6 Å². The van der Waals surface area contributed by atoms with E-state index < -0.39 is 5.82 Å². The smallest absolute Gasteiger partial charge is 0.150 e. The van der Waals surface area contributed by atoms with Crippen molar-refractivity contribution in [1.82, 2.24) is 0 Å². The summed E-state index contributed by atoms with van der Waals surface area (Å²) in [6.45, 7) is 0. The van der Waals surface area contributed by atoms with Crippen molar-refractivity contribution in [3.8, 4) is 11.5 Å². The average molecular weight is 281 g/mol. The van der Waals surface area contributed by atoms with E-state index in [1.54, 1.807) is 0 Å². The zero-order chi connectivity index (χ0) is 14.0. The van der Waals surface area contributed by atoms with Crippen LogP contribution in [0.5, 0.6) is 11.5 Å². The van der Waals surface area contributed by atoms with Crippen molar-refractivity contribution >= 4 is 28.1 Å². The van der Waals surface area contributed by atoms with Crippen LogP contribution >= 0.6 is 11.6 Å². The van der Waals surface area contributed by atoms with Crippen molar-refractivity contribution in [3.05, 3.63) is 47.8 Å². The molecule has 2 aromatic rings. The van der Waals surface area contributed by atoms with Gasteiger partial charge in [-0.25, -0.2) is 9.38 Å². The summed E-state index contributed by atoms with van der Waals surface area (Å²) in [6.07, 6.45) is 0. The number of nitrogen functional groups attached to an aromatic ring is 1. The lowest BCUT2D eigenvalue weighted by Crippen LogP contribution is -2.01. The SMILES string of the molecule is Nc1c(F)cc(O)cc1C(Cl)=Nc1ccc(O)cc1. The zero-order valence-electron chi connectivity index (χ0n) is 9.64. The van der Waals surface area contributed by atoms with Crippen LogP contribution in [-0.4, -0.2) is 15.4 Å². The number of nitrogens with zero attached hydrogens (tertiary/aromatic N) is 1. The van der Waals surface area contributed by atoms with Crippen LogP contribution in [0, 0.1) is 5.82 Å². The lowest BCUT2D eigenvalue weighted by atomic mass is 10.1. The first-order chi connectivity index (χ1) is 8.97. The number of hydrogen-bond acceptors (Lipinski definition) is 4. The van der Waals surface area contributed by atoms with E-state index in [0.717, 1.165) is 6.07 Å². The molecule has 0 bridgehead atoms. The van der Waals surface area contributed by atoms with E-state index >= 15 is 0 Å². The number of rotatable bonds is 2. The largest absolute Gasteiger partial charge is 0.508 e. The van der Waals surface area contributed by atoms with Gasteiger partial charge in [-0.15, -0.1) is 0 Å². The van der Waals surface area contributed by atoms with Gasteiger partial charge in [0.15, 0.2) is 0 Å². The number of aliphatic imine (C=N–C) groups is 1.